The molecule has 132 valence electrons. The molecule has 0 unspecified atom stereocenters. The summed E-state index contributed by atoms with van der Waals surface area (Å²) in [5.74, 6) is 1.80. The quantitative estimate of drug-likeness (QED) is 0.744. The SMILES string of the molecule is COc1ccccc1[C@@H]1C[C@H]1C(=O)NCc1ncnn1-c1ccccc1. The number of carbonyl (C=O) groups is 1. The molecule has 0 spiro atoms. The highest BCUT2D eigenvalue weighted by Crippen LogP contribution is 2.50. The Labute approximate surface area is 151 Å². The van der Waals surface area contributed by atoms with Crippen LogP contribution in [0.1, 0.15) is 23.7 Å². The lowest BCUT2D eigenvalue weighted by Gasteiger charge is -2.09. The van der Waals surface area contributed by atoms with Crippen molar-refractivity contribution in [1.82, 2.24) is 20.1 Å². The van der Waals surface area contributed by atoms with E-state index in [2.05, 4.69) is 15.4 Å². The van der Waals surface area contributed by atoms with E-state index in [1.165, 1.54) is 6.33 Å². The molecule has 26 heavy (non-hydrogen) atoms. The molecule has 1 N–H and O–H groups in total. The van der Waals surface area contributed by atoms with Crippen LogP contribution in [0.2, 0.25) is 0 Å². The van der Waals surface area contributed by atoms with E-state index in [4.69, 9.17) is 4.74 Å². The molecule has 3 aromatic rings. The Bertz CT molecular complexity index is 907. The van der Waals surface area contributed by atoms with E-state index in [0.717, 1.165) is 23.4 Å². The first kappa shape index (κ1) is 16.3. The summed E-state index contributed by atoms with van der Waals surface area (Å²) < 4.78 is 7.15. The average molecular weight is 348 g/mol. The maximum atomic E-state index is 12.5. The zero-order chi connectivity index (χ0) is 17.9. The van der Waals surface area contributed by atoms with Crippen LogP contribution in [0.4, 0.5) is 0 Å². The maximum absolute atomic E-state index is 12.5. The number of ether oxygens (including phenoxy) is 1. The molecule has 1 amide bonds. The number of methoxy groups -OCH3 is 1. The second kappa shape index (κ2) is 7.00. The lowest BCUT2D eigenvalue weighted by molar-refractivity contribution is -0.122. The van der Waals surface area contributed by atoms with E-state index in [1.807, 2.05) is 54.6 Å². The molecule has 0 aliphatic heterocycles. The molecule has 1 aliphatic carbocycles. The second-order valence-electron chi connectivity index (χ2n) is 6.33. The van der Waals surface area contributed by atoms with Gasteiger partial charge in [0.2, 0.25) is 5.91 Å². The van der Waals surface area contributed by atoms with Crippen molar-refractivity contribution in [2.75, 3.05) is 7.11 Å². The average Bonchev–Trinajstić information content (AvgIpc) is 3.36. The number of carbonyl (C=O) groups excluding carboxylic acids is 1. The molecule has 2 aromatic carbocycles. The Kier molecular flexibility index (Phi) is 4.39. The molecule has 4 rings (SSSR count). The number of nitrogens with one attached hydrogen (secondary N) is 1. The third-order valence-electron chi connectivity index (χ3n) is 4.71. The highest BCUT2D eigenvalue weighted by Gasteiger charge is 2.45. The topological polar surface area (TPSA) is 69.0 Å². The molecule has 1 saturated carbocycles. The molecule has 2 atom stereocenters. The van der Waals surface area contributed by atoms with Gasteiger partial charge in [0.15, 0.2) is 5.82 Å². The highest BCUT2D eigenvalue weighted by molar-refractivity contribution is 5.83. The van der Waals surface area contributed by atoms with Crippen molar-refractivity contribution >= 4 is 5.91 Å². The second-order valence-corrected chi connectivity index (χ2v) is 6.33. The first-order valence-corrected chi connectivity index (χ1v) is 8.63. The third-order valence-corrected chi connectivity index (χ3v) is 4.71. The van der Waals surface area contributed by atoms with Crippen LogP contribution in [0.25, 0.3) is 5.69 Å². The van der Waals surface area contributed by atoms with Gasteiger partial charge in [0.1, 0.15) is 12.1 Å². The Morgan fingerprint density at radius 2 is 1.96 bits per heavy atom. The fraction of sp³-hybridized carbons (Fsp3) is 0.250. The van der Waals surface area contributed by atoms with Gasteiger partial charge < -0.3 is 10.1 Å². The van der Waals surface area contributed by atoms with Gasteiger partial charge in [0.05, 0.1) is 19.3 Å². The van der Waals surface area contributed by atoms with Gasteiger partial charge in [0.25, 0.3) is 0 Å². The van der Waals surface area contributed by atoms with Crippen molar-refractivity contribution in [3.63, 3.8) is 0 Å². The van der Waals surface area contributed by atoms with Crippen LogP contribution < -0.4 is 10.1 Å². The van der Waals surface area contributed by atoms with Gasteiger partial charge in [-0.05, 0) is 36.1 Å². The first-order valence-electron chi connectivity index (χ1n) is 8.63. The Morgan fingerprint density at radius 3 is 2.77 bits per heavy atom. The van der Waals surface area contributed by atoms with Crippen molar-refractivity contribution < 1.29 is 9.53 Å². The maximum Gasteiger partial charge on any atom is 0.224 e. The fourth-order valence-corrected chi connectivity index (χ4v) is 3.27. The van der Waals surface area contributed by atoms with Gasteiger partial charge in [-0.1, -0.05) is 36.4 Å². The summed E-state index contributed by atoms with van der Waals surface area (Å²) in [6, 6.07) is 17.6. The van der Waals surface area contributed by atoms with Gasteiger partial charge in [0, 0.05) is 5.92 Å². The normalized spacial score (nSPS) is 18.3. The lowest BCUT2D eigenvalue weighted by Crippen LogP contribution is -2.26. The number of aromatic nitrogens is 3. The summed E-state index contributed by atoms with van der Waals surface area (Å²) in [5, 5.41) is 7.24. The van der Waals surface area contributed by atoms with Crippen LogP contribution in [0, 0.1) is 5.92 Å². The van der Waals surface area contributed by atoms with E-state index in [-0.39, 0.29) is 17.7 Å². The molecule has 0 saturated heterocycles. The third kappa shape index (κ3) is 3.18. The zero-order valence-corrected chi connectivity index (χ0v) is 14.5. The molecule has 0 bridgehead atoms. The summed E-state index contributed by atoms with van der Waals surface area (Å²) in [6.45, 7) is 0.350. The van der Waals surface area contributed by atoms with Crippen LogP contribution in [-0.2, 0) is 11.3 Å². The zero-order valence-electron chi connectivity index (χ0n) is 14.5. The molecule has 6 heteroatoms. The number of hydrogen-bond acceptors (Lipinski definition) is 4. The molecule has 1 fully saturated rings. The fourth-order valence-electron chi connectivity index (χ4n) is 3.27. The van der Waals surface area contributed by atoms with Crippen molar-refractivity contribution in [3.05, 3.63) is 72.3 Å². The smallest absolute Gasteiger partial charge is 0.224 e. The van der Waals surface area contributed by atoms with Crippen LogP contribution in [-0.4, -0.2) is 27.8 Å². The van der Waals surface area contributed by atoms with Gasteiger partial charge in [-0.25, -0.2) is 9.67 Å². The Balaban J connectivity index is 1.40. The molecular formula is C20H20N4O2. The molecule has 1 aliphatic rings. The van der Waals surface area contributed by atoms with E-state index in [0.29, 0.717) is 12.4 Å². The van der Waals surface area contributed by atoms with Crippen LogP contribution in [0.3, 0.4) is 0 Å². The van der Waals surface area contributed by atoms with E-state index < -0.39 is 0 Å². The van der Waals surface area contributed by atoms with Crippen molar-refractivity contribution in [1.29, 1.82) is 0 Å². The summed E-state index contributed by atoms with van der Waals surface area (Å²) in [4.78, 5) is 16.8. The van der Waals surface area contributed by atoms with Gasteiger partial charge in [-0.3, -0.25) is 4.79 Å². The van der Waals surface area contributed by atoms with E-state index in [1.54, 1.807) is 11.8 Å². The number of benzene rings is 2. The number of para-hydroxylation sites is 2. The Morgan fingerprint density at radius 1 is 1.19 bits per heavy atom. The summed E-state index contributed by atoms with van der Waals surface area (Å²) >= 11 is 0. The Hall–Kier alpha value is -3.15. The molecule has 1 heterocycles. The monoisotopic (exact) mass is 348 g/mol. The van der Waals surface area contributed by atoms with E-state index in [9.17, 15) is 4.79 Å². The molecule has 1 aromatic heterocycles. The summed E-state index contributed by atoms with van der Waals surface area (Å²) in [5.41, 5.74) is 2.02. The van der Waals surface area contributed by atoms with Gasteiger partial charge in [-0.2, -0.15) is 5.10 Å². The molecule has 0 radical (unpaired) electrons. The van der Waals surface area contributed by atoms with Gasteiger partial charge >= 0.3 is 0 Å². The number of hydrogen-bond donors (Lipinski definition) is 1. The minimum atomic E-state index is -0.0144. The van der Waals surface area contributed by atoms with Gasteiger partial charge in [-0.15, -0.1) is 0 Å². The standard InChI is InChI=1S/C20H20N4O2/c1-26-18-10-6-5-9-15(18)16-11-17(16)20(25)21-12-19-22-13-23-24(19)14-7-3-2-4-8-14/h2-10,13,16-17H,11-12H2,1H3,(H,21,25)/t16-,17+/m0/s1. The first-order chi connectivity index (χ1) is 12.8. The number of amides is 1. The predicted octanol–water partition coefficient (Wildman–Crippen LogP) is 2.70. The van der Waals surface area contributed by atoms with Crippen molar-refractivity contribution in [2.24, 2.45) is 5.92 Å². The number of nitrogens with zero attached hydrogens (tertiary/aromatic N) is 3. The van der Waals surface area contributed by atoms with Crippen molar-refractivity contribution in [2.45, 2.75) is 18.9 Å². The highest BCUT2D eigenvalue weighted by atomic mass is 16.5. The number of rotatable bonds is 6. The molecular weight excluding hydrogens is 328 g/mol. The minimum Gasteiger partial charge on any atom is -0.496 e. The molecule has 6 nitrogen and oxygen atoms in total. The van der Waals surface area contributed by atoms with E-state index >= 15 is 0 Å². The van der Waals surface area contributed by atoms with Crippen LogP contribution >= 0.6 is 0 Å². The van der Waals surface area contributed by atoms with Crippen molar-refractivity contribution in [3.8, 4) is 11.4 Å². The lowest BCUT2D eigenvalue weighted by atomic mass is 10.1. The largest absolute Gasteiger partial charge is 0.496 e. The minimum absolute atomic E-state index is 0.0144. The summed E-state index contributed by atoms with van der Waals surface area (Å²) in [7, 11) is 1.66. The predicted molar refractivity (Wildman–Crippen MR) is 97.0 cm³/mol. The van der Waals surface area contributed by atoms with Crippen LogP contribution in [0.5, 0.6) is 5.75 Å². The summed E-state index contributed by atoms with van der Waals surface area (Å²) in [6.07, 6.45) is 2.35. The van der Waals surface area contributed by atoms with Crippen LogP contribution in [0.15, 0.2) is 60.9 Å².